The molecule has 1 aromatic carbocycles. The standard InChI is InChI=1S/C10H15NO4S/c1-2-11(7-8-12)9-3-5-10(6-4-9)16(13,14)15/h3-6,12H,2,7-8H2,1H3,(H,13,14,15). The quantitative estimate of drug-likeness (QED) is 0.749. The van der Waals surface area contributed by atoms with Gasteiger partial charge >= 0.3 is 0 Å². The summed E-state index contributed by atoms with van der Waals surface area (Å²) in [5.41, 5.74) is 0.809. The fourth-order valence-corrected chi connectivity index (χ4v) is 1.90. The topological polar surface area (TPSA) is 77.8 Å². The van der Waals surface area contributed by atoms with Gasteiger partial charge in [-0.15, -0.1) is 0 Å². The second kappa shape index (κ2) is 5.29. The third-order valence-corrected chi connectivity index (χ3v) is 3.12. The van der Waals surface area contributed by atoms with E-state index in [0.717, 1.165) is 5.69 Å². The Kier molecular flexibility index (Phi) is 4.28. The molecule has 5 nitrogen and oxygen atoms in total. The van der Waals surface area contributed by atoms with E-state index in [1.807, 2.05) is 11.8 Å². The molecule has 0 aliphatic heterocycles. The van der Waals surface area contributed by atoms with Crippen molar-refractivity contribution in [3.63, 3.8) is 0 Å². The van der Waals surface area contributed by atoms with E-state index in [4.69, 9.17) is 9.66 Å². The summed E-state index contributed by atoms with van der Waals surface area (Å²) in [4.78, 5) is 1.77. The highest BCUT2D eigenvalue weighted by molar-refractivity contribution is 7.85. The van der Waals surface area contributed by atoms with Crippen LogP contribution in [0.2, 0.25) is 0 Å². The third kappa shape index (κ3) is 3.19. The number of hydrogen-bond donors (Lipinski definition) is 2. The highest BCUT2D eigenvalue weighted by Crippen LogP contribution is 2.17. The summed E-state index contributed by atoms with van der Waals surface area (Å²) in [6, 6.07) is 5.87. The number of aliphatic hydroxyl groups is 1. The number of likely N-dealkylation sites (N-methyl/N-ethyl adjacent to an activating group) is 1. The molecule has 0 bridgehead atoms. The highest BCUT2D eigenvalue weighted by Gasteiger charge is 2.10. The first-order valence-corrected chi connectivity index (χ1v) is 6.36. The molecule has 0 aliphatic rings. The first-order chi connectivity index (χ1) is 7.49. The molecule has 0 radical (unpaired) electrons. The SMILES string of the molecule is CCN(CCO)c1ccc(S(=O)(=O)O)cc1. The van der Waals surface area contributed by atoms with Gasteiger partial charge in [-0.1, -0.05) is 0 Å². The zero-order valence-corrected chi connectivity index (χ0v) is 9.81. The third-order valence-electron chi connectivity index (χ3n) is 2.25. The maximum atomic E-state index is 10.8. The molecule has 0 fully saturated rings. The van der Waals surface area contributed by atoms with Crippen molar-refractivity contribution >= 4 is 15.8 Å². The van der Waals surface area contributed by atoms with Gasteiger partial charge in [0.1, 0.15) is 0 Å². The molecule has 0 saturated heterocycles. The lowest BCUT2D eigenvalue weighted by Gasteiger charge is -2.21. The number of hydrogen-bond acceptors (Lipinski definition) is 4. The Bertz CT molecular complexity index is 427. The predicted octanol–water partition coefficient (Wildman–Crippen LogP) is 0.752. The van der Waals surface area contributed by atoms with Gasteiger partial charge in [0.2, 0.25) is 0 Å². The lowest BCUT2D eigenvalue weighted by molar-refractivity contribution is 0.302. The van der Waals surface area contributed by atoms with Crippen LogP contribution in [0, 0.1) is 0 Å². The first-order valence-electron chi connectivity index (χ1n) is 4.92. The average molecular weight is 245 g/mol. The molecular formula is C10H15NO4S. The van der Waals surface area contributed by atoms with Crippen molar-refractivity contribution in [2.45, 2.75) is 11.8 Å². The van der Waals surface area contributed by atoms with Crippen LogP contribution in [0.25, 0.3) is 0 Å². The number of aliphatic hydroxyl groups excluding tert-OH is 1. The van der Waals surface area contributed by atoms with Crippen molar-refractivity contribution in [2.75, 3.05) is 24.6 Å². The highest BCUT2D eigenvalue weighted by atomic mass is 32.2. The average Bonchev–Trinajstić information content (AvgIpc) is 2.25. The van der Waals surface area contributed by atoms with E-state index in [0.29, 0.717) is 13.1 Å². The van der Waals surface area contributed by atoms with Crippen LogP contribution < -0.4 is 4.90 Å². The summed E-state index contributed by atoms with van der Waals surface area (Å²) in [5.74, 6) is 0. The Balaban J connectivity index is 2.93. The van der Waals surface area contributed by atoms with Gasteiger partial charge in [-0.05, 0) is 31.2 Å². The number of benzene rings is 1. The molecular weight excluding hydrogens is 230 g/mol. The lowest BCUT2D eigenvalue weighted by atomic mass is 10.3. The Labute approximate surface area is 95.1 Å². The molecule has 0 spiro atoms. The van der Waals surface area contributed by atoms with Gasteiger partial charge in [0, 0.05) is 18.8 Å². The van der Waals surface area contributed by atoms with Crippen molar-refractivity contribution in [3.8, 4) is 0 Å². The van der Waals surface area contributed by atoms with E-state index in [1.165, 1.54) is 12.1 Å². The first kappa shape index (κ1) is 13.0. The maximum Gasteiger partial charge on any atom is 0.294 e. The molecule has 0 amide bonds. The fraction of sp³-hybridized carbons (Fsp3) is 0.400. The molecule has 16 heavy (non-hydrogen) atoms. The van der Waals surface area contributed by atoms with Crippen LogP contribution in [0.3, 0.4) is 0 Å². The van der Waals surface area contributed by atoms with E-state index in [1.54, 1.807) is 12.1 Å². The molecule has 1 aromatic rings. The maximum absolute atomic E-state index is 10.8. The van der Waals surface area contributed by atoms with Crippen LogP contribution >= 0.6 is 0 Å². The monoisotopic (exact) mass is 245 g/mol. The van der Waals surface area contributed by atoms with Crippen LogP contribution in [0.5, 0.6) is 0 Å². The van der Waals surface area contributed by atoms with Crippen molar-refractivity contribution in [2.24, 2.45) is 0 Å². The van der Waals surface area contributed by atoms with Crippen LogP contribution in [-0.2, 0) is 10.1 Å². The minimum atomic E-state index is -4.13. The Morgan fingerprint density at radius 3 is 2.19 bits per heavy atom. The summed E-state index contributed by atoms with van der Waals surface area (Å²) in [6.07, 6.45) is 0. The molecule has 0 aliphatic carbocycles. The zero-order chi connectivity index (χ0) is 12.2. The number of rotatable bonds is 5. The summed E-state index contributed by atoms with van der Waals surface area (Å²) in [7, 11) is -4.13. The van der Waals surface area contributed by atoms with Gasteiger partial charge in [0.25, 0.3) is 10.1 Å². The fourth-order valence-electron chi connectivity index (χ4n) is 1.42. The van der Waals surface area contributed by atoms with Gasteiger partial charge in [0.05, 0.1) is 11.5 Å². The molecule has 1 rings (SSSR count). The van der Waals surface area contributed by atoms with Crippen molar-refractivity contribution in [1.29, 1.82) is 0 Å². The Morgan fingerprint density at radius 2 is 1.81 bits per heavy atom. The van der Waals surface area contributed by atoms with E-state index in [-0.39, 0.29) is 11.5 Å². The van der Waals surface area contributed by atoms with Gasteiger partial charge in [-0.2, -0.15) is 8.42 Å². The molecule has 90 valence electrons. The van der Waals surface area contributed by atoms with E-state index in [9.17, 15) is 8.42 Å². The van der Waals surface area contributed by atoms with Crippen molar-refractivity contribution in [1.82, 2.24) is 0 Å². The summed E-state index contributed by atoms with van der Waals surface area (Å²) < 4.78 is 30.4. The van der Waals surface area contributed by atoms with Crippen LogP contribution in [0.15, 0.2) is 29.2 Å². The zero-order valence-electron chi connectivity index (χ0n) is 9.00. The smallest absolute Gasteiger partial charge is 0.294 e. The van der Waals surface area contributed by atoms with Gasteiger partial charge in [0.15, 0.2) is 0 Å². The van der Waals surface area contributed by atoms with E-state index >= 15 is 0 Å². The Morgan fingerprint density at radius 1 is 1.25 bits per heavy atom. The number of nitrogens with zero attached hydrogens (tertiary/aromatic N) is 1. The molecule has 2 N–H and O–H groups in total. The van der Waals surface area contributed by atoms with Crippen LogP contribution in [0.4, 0.5) is 5.69 Å². The molecule has 0 atom stereocenters. The van der Waals surface area contributed by atoms with Crippen LogP contribution in [0.1, 0.15) is 6.92 Å². The van der Waals surface area contributed by atoms with Gasteiger partial charge in [-0.3, -0.25) is 4.55 Å². The van der Waals surface area contributed by atoms with Gasteiger partial charge in [-0.25, -0.2) is 0 Å². The minimum Gasteiger partial charge on any atom is -0.395 e. The normalized spacial score (nSPS) is 11.4. The van der Waals surface area contributed by atoms with Crippen molar-refractivity contribution < 1.29 is 18.1 Å². The summed E-state index contributed by atoms with van der Waals surface area (Å²) >= 11 is 0. The van der Waals surface area contributed by atoms with E-state index < -0.39 is 10.1 Å². The molecule has 0 saturated carbocycles. The summed E-state index contributed by atoms with van der Waals surface area (Å²) in [5, 5.41) is 8.84. The Hall–Kier alpha value is -1.11. The predicted molar refractivity (Wildman–Crippen MR) is 61.2 cm³/mol. The molecule has 0 heterocycles. The van der Waals surface area contributed by atoms with E-state index in [2.05, 4.69) is 0 Å². The second-order valence-electron chi connectivity index (χ2n) is 3.27. The minimum absolute atomic E-state index is 0.0356. The molecule has 6 heteroatoms. The van der Waals surface area contributed by atoms with Crippen LogP contribution in [-0.4, -0.2) is 37.8 Å². The second-order valence-corrected chi connectivity index (χ2v) is 4.69. The summed E-state index contributed by atoms with van der Waals surface area (Å²) in [6.45, 7) is 3.17. The largest absolute Gasteiger partial charge is 0.395 e. The van der Waals surface area contributed by atoms with Gasteiger partial charge < -0.3 is 10.0 Å². The number of anilines is 1. The molecule has 0 unspecified atom stereocenters. The van der Waals surface area contributed by atoms with Crippen molar-refractivity contribution in [3.05, 3.63) is 24.3 Å². The lowest BCUT2D eigenvalue weighted by Crippen LogP contribution is -2.26. The molecule has 0 aromatic heterocycles.